The molecule has 0 aliphatic heterocycles. The normalized spacial score (nSPS) is 12.6. The molecule has 0 aliphatic carbocycles. The third kappa shape index (κ3) is 4.09. The molecule has 1 atom stereocenters. The van der Waals surface area contributed by atoms with Crippen molar-refractivity contribution in [3.05, 3.63) is 52.8 Å². The van der Waals surface area contributed by atoms with E-state index in [-0.39, 0.29) is 0 Å². The third-order valence-corrected chi connectivity index (χ3v) is 3.86. The lowest BCUT2D eigenvalue weighted by Gasteiger charge is -2.16. The second kappa shape index (κ2) is 7.46. The number of rotatable bonds is 7. The van der Waals surface area contributed by atoms with Crippen molar-refractivity contribution in [1.82, 2.24) is 15.1 Å². The molecule has 0 radical (unpaired) electrons. The Morgan fingerprint density at radius 1 is 1.30 bits per heavy atom. The topological polar surface area (TPSA) is 29.9 Å². The van der Waals surface area contributed by atoms with E-state index in [2.05, 4.69) is 29.6 Å². The van der Waals surface area contributed by atoms with Gasteiger partial charge in [-0.1, -0.05) is 29.8 Å². The van der Waals surface area contributed by atoms with Gasteiger partial charge in [-0.05, 0) is 56.5 Å². The first-order valence-electron chi connectivity index (χ1n) is 7.12. The van der Waals surface area contributed by atoms with Crippen molar-refractivity contribution < 1.29 is 0 Å². The highest BCUT2D eigenvalue weighted by atomic mass is 35.5. The fraction of sp³-hybridized carbons (Fsp3) is 0.438. The van der Waals surface area contributed by atoms with Crippen LogP contribution in [-0.2, 0) is 19.4 Å². The summed E-state index contributed by atoms with van der Waals surface area (Å²) in [6.45, 7) is 4.00. The predicted molar refractivity (Wildman–Crippen MR) is 84.2 cm³/mol. The fourth-order valence-corrected chi connectivity index (χ4v) is 2.71. The van der Waals surface area contributed by atoms with Crippen molar-refractivity contribution >= 4 is 11.6 Å². The molecule has 1 unspecified atom stereocenters. The van der Waals surface area contributed by atoms with Gasteiger partial charge in [-0.25, -0.2) is 0 Å². The number of hydrogen-bond donors (Lipinski definition) is 1. The Bertz CT molecular complexity index is 536. The molecule has 108 valence electrons. The van der Waals surface area contributed by atoms with Gasteiger partial charge in [-0.2, -0.15) is 5.10 Å². The van der Waals surface area contributed by atoms with E-state index in [1.54, 1.807) is 0 Å². The standard InChI is InChI=1S/C16H22ClN3/c1-3-20-12-14(11-19-20)8-13(10-18-2)9-15-6-4-5-7-16(15)17/h4-7,11-13,18H,3,8-10H2,1-2H3. The number of nitrogens with zero attached hydrogens (tertiary/aromatic N) is 2. The summed E-state index contributed by atoms with van der Waals surface area (Å²) >= 11 is 6.26. The van der Waals surface area contributed by atoms with E-state index in [4.69, 9.17) is 11.6 Å². The average Bonchev–Trinajstić information content (AvgIpc) is 2.89. The number of aromatic nitrogens is 2. The van der Waals surface area contributed by atoms with Crippen molar-refractivity contribution in [1.29, 1.82) is 0 Å². The van der Waals surface area contributed by atoms with Crippen LogP contribution in [0.2, 0.25) is 5.02 Å². The molecule has 2 aromatic rings. The lowest BCUT2D eigenvalue weighted by molar-refractivity contribution is 0.493. The molecule has 4 heteroatoms. The largest absolute Gasteiger partial charge is 0.319 e. The Morgan fingerprint density at radius 3 is 2.75 bits per heavy atom. The van der Waals surface area contributed by atoms with Crippen molar-refractivity contribution in [3.63, 3.8) is 0 Å². The molecule has 0 amide bonds. The minimum absolute atomic E-state index is 0.523. The number of hydrogen-bond acceptors (Lipinski definition) is 2. The zero-order valence-electron chi connectivity index (χ0n) is 12.1. The zero-order chi connectivity index (χ0) is 14.4. The molecule has 0 spiro atoms. The van der Waals surface area contributed by atoms with E-state index in [1.165, 1.54) is 11.1 Å². The first-order chi connectivity index (χ1) is 9.72. The van der Waals surface area contributed by atoms with Gasteiger partial charge < -0.3 is 5.32 Å². The summed E-state index contributed by atoms with van der Waals surface area (Å²) in [5, 5.41) is 8.48. The summed E-state index contributed by atoms with van der Waals surface area (Å²) < 4.78 is 1.97. The average molecular weight is 292 g/mol. The maximum absolute atomic E-state index is 6.26. The molecule has 0 aliphatic rings. The van der Waals surface area contributed by atoms with E-state index in [9.17, 15) is 0 Å². The summed E-state index contributed by atoms with van der Waals surface area (Å²) in [6.07, 6.45) is 6.11. The van der Waals surface area contributed by atoms with E-state index < -0.39 is 0 Å². The van der Waals surface area contributed by atoms with Crippen LogP contribution in [0.4, 0.5) is 0 Å². The summed E-state index contributed by atoms with van der Waals surface area (Å²) in [4.78, 5) is 0. The Labute approximate surface area is 126 Å². The van der Waals surface area contributed by atoms with Gasteiger partial charge >= 0.3 is 0 Å². The van der Waals surface area contributed by atoms with Gasteiger partial charge in [0.2, 0.25) is 0 Å². The van der Waals surface area contributed by atoms with Crippen molar-refractivity contribution in [2.75, 3.05) is 13.6 Å². The Hall–Kier alpha value is -1.32. The van der Waals surface area contributed by atoms with Crippen LogP contribution in [0.1, 0.15) is 18.1 Å². The SMILES string of the molecule is CCn1cc(CC(CNC)Cc2ccccc2Cl)cn1. The Morgan fingerprint density at radius 2 is 2.10 bits per heavy atom. The molecule has 3 nitrogen and oxygen atoms in total. The number of halogens is 1. The second-order valence-corrected chi connectivity index (χ2v) is 5.53. The molecular weight excluding hydrogens is 270 g/mol. The molecule has 1 heterocycles. The highest BCUT2D eigenvalue weighted by molar-refractivity contribution is 6.31. The third-order valence-electron chi connectivity index (χ3n) is 3.49. The van der Waals surface area contributed by atoms with Crippen LogP contribution in [0.15, 0.2) is 36.7 Å². The van der Waals surface area contributed by atoms with Gasteiger partial charge in [-0.3, -0.25) is 4.68 Å². The maximum Gasteiger partial charge on any atom is 0.0521 e. The van der Waals surface area contributed by atoms with E-state index in [1.807, 2.05) is 36.1 Å². The van der Waals surface area contributed by atoms with Gasteiger partial charge in [-0.15, -0.1) is 0 Å². The summed E-state index contributed by atoms with van der Waals surface area (Å²) in [6, 6.07) is 8.10. The number of aryl methyl sites for hydroxylation is 1. The minimum Gasteiger partial charge on any atom is -0.319 e. The smallest absolute Gasteiger partial charge is 0.0521 e. The van der Waals surface area contributed by atoms with Crippen LogP contribution in [0.25, 0.3) is 0 Å². The monoisotopic (exact) mass is 291 g/mol. The van der Waals surface area contributed by atoms with Gasteiger partial charge in [0.05, 0.1) is 6.20 Å². The molecule has 1 N–H and O–H groups in total. The van der Waals surface area contributed by atoms with Crippen molar-refractivity contribution in [2.24, 2.45) is 5.92 Å². The fourth-order valence-electron chi connectivity index (χ4n) is 2.50. The molecule has 20 heavy (non-hydrogen) atoms. The molecule has 0 fully saturated rings. The van der Waals surface area contributed by atoms with Gasteiger partial charge in [0.25, 0.3) is 0 Å². The second-order valence-electron chi connectivity index (χ2n) is 5.13. The maximum atomic E-state index is 6.26. The van der Waals surface area contributed by atoms with Crippen LogP contribution in [0, 0.1) is 5.92 Å². The summed E-state index contributed by atoms with van der Waals surface area (Å²) in [5.41, 5.74) is 2.51. The highest BCUT2D eigenvalue weighted by Gasteiger charge is 2.13. The summed E-state index contributed by atoms with van der Waals surface area (Å²) in [5.74, 6) is 0.523. The predicted octanol–water partition coefficient (Wildman–Crippen LogP) is 3.18. The molecule has 1 aromatic heterocycles. The zero-order valence-corrected chi connectivity index (χ0v) is 12.9. The summed E-state index contributed by atoms with van der Waals surface area (Å²) in [7, 11) is 2.00. The van der Waals surface area contributed by atoms with E-state index in [0.717, 1.165) is 31.0 Å². The lowest BCUT2D eigenvalue weighted by Crippen LogP contribution is -2.22. The van der Waals surface area contributed by atoms with Gasteiger partial charge in [0.15, 0.2) is 0 Å². The van der Waals surface area contributed by atoms with Gasteiger partial charge in [0.1, 0.15) is 0 Å². The van der Waals surface area contributed by atoms with Crippen LogP contribution >= 0.6 is 11.6 Å². The molecule has 1 aromatic carbocycles. The highest BCUT2D eigenvalue weighted by Crippen LogP contribution is 2.20. The lowest BCUT2D eigenvalue weighted by atomic mass is 9.93. The van der Waals surface area contributed by atoms with Crippen LogP contribution in [-0.4, -0.2) is 23.4 Å². The van der Waals surface area contributed by atoms with Crippen LogP contribution in [0.3, 0.4) is 0 Å². The minimum atomic E-state index is 0.523. The number of benzene rings is 1. The van der Waals surface area contributed by atoms with Crippen LogP contribution in [0.5, 0.6) is 0 Å². The molecule has 0 bridgehead atoms. The van der Waals surface area contributed by atoms with Crippen molar-refractivity contribution in [2.45, 2.75) is 26.3 Å². The molecule has 0 saturated carbocycles. The van der Waals surface area contributed by atoms with E-state index >= 15 is 0 Å². The molecule has 2 rings (SSSR count). The first-order valence-corrected chi connectivity index (χ1v) is 7.50. The number of nitrogens with one attached hydrogen (secondary N) is 1. The Balaban J connectivity index is 2.05. The Kier molecular flexibility index (Phi) is 5.62. The van der Waals surface area contributed by atoms with Crippen LogP contribution < -0.4 is 5.32 Å². The van der Waals surface area contributed by atoms with Gasteiger partial charge in [0, 0.05) is 17.8 Å². The van der Waals surface area contributed by atoms with E-state index in [0.29, 0.717) is 5.92 Å². The molecular formula is C16H22ClN3. The first kappa shape index (κ1) is 15.1. The van der Waals surface area contributed by atoms with Crippen molar-refractivity contribution in [3.8, 4) is 0 Å². The molecule has 0 saturated heterocycles. The quantitative estimate of drug-likeness (QED) is 0.849.